The number of piperidine rings is 1. The number of fused-ring (bicyclic) bond motifs is 1. The third kappa shape index (κ3) is 7.56. The summed E-state index contributed by atoms with van der Waals surface area (Å²) >= 11 is 0. The van der Waals surface area contributed by atoms with Gasteiger partial charge in [-0.1, -0.05) is 24.3 Å². The Morgan fingerprint density at radius 2 is 1.84 bits per heavy atom. The molecule has 0 aliphatic carbocycles. The van der Waals surface area contributed by atoms with E-state index in [1.165, 1.54) is 22.7 Å². The molecule has 1 aromatic carbocycles. The molecule has 2 N–H and O–H groups in total. The van der Waals surface area contributed by atoms with Gasteiger partial charge in [0.25, 0.3) is 5.56 Å². The number of aliphatic hydroxyl groups is 1. The van der Waals surface area contributed by atoms with Crippen molar-refractivity contribution in [2.24, 2.45) is 0 Å². The average molecular weight is 606 g/mol. The number of nitrogens with one attached hydrogen (secondary N) is 1. The fourth-order valence-corrected chi connectivity index (χ4v) is 6.08. The van der Waals surface area contributed by atoms with E-state index < -0.39 is 15.4 Å². The van der Waals surface area contributed by atoms with Crippen molar-refractivity contribution < 1.29 is 13.5 Å². The first-order chi connectivity index (χ1) is 20.4. The second kappa shape index (κ2) is 12.4. The molecule has 0 spiro atoms. The molecule has 228 valence electrons. The Bertz CT molecular complexity index is 1760. The van der Waals surface area contributed by atoms with Crippen LogP contribution in [0.4, 0.5) is 11.6 Å². The maximum atomic E-state index is 13.3. The normalized spacial score (nSPS) is 15.2. The molecule has 4 aromatic rings. The van der Waals surface area contributed by atoms with E-state index in [-0.39, 0.29) is 17.9 Å². The van der Waals surface area contributed by atoms with Crippen LogP contribution in [0.2, 0.25) is 0 Å². The lowest BCUT2D eigenvalue weighted by Crippen LogP contribution is -2.36. The van der Waals surface area contributed by atoms with E-state index in [1.54, 1.807) is 30.7 Å². The lowest BCUT2D eigenvalue weighted by Gasteiger charge is -2.32. The van der Waals surface area contributed by atoms with Crippen LogP contribution in [0, 0.1) is 0 Å². The van der Waals surface area contributed by atoms with Crippen LogP contribution in [0.1, 0.15) is 43.9 Å². The molecule has 0 bridgehead atoms. The summed E-state index contributed by atoms with van der Waals surface area (Å²) in [5.41, 5.74) is 1.99. The van der Waals surface area contributed by atoms with Crippen molar-refractivity contribution in [1.29, 1.82) is 0 Å². The standard InChI is InChI=1S/C31H39N7O4S/c1-5-15-37-29(39)26-21-32-30(35-28(26)38(37)27-8-6-7-25(33-27)20-31(2,3)40)34-24-11-9-22(10-12-24)23-13-16-36(17-14-23)18-19-43(4,41)42/h5-12,21,23,40H,1,13-20H2,2-4H3,(H,32,34,35). The van der Waals surface area contributed by atoms with E-state index in [0.717, 1.165) is 31.6 Å². The number of sulfone groups is 1. The van der Waals surface area contributed by atoms with Crippen molar-refractivity contribution in [3.63, 3.8) is 0 Å². The third-order valence-corrected chi connectivity index (χ3v) is 8.53. The van der Waals surface area contributed by atoms with Gasteiger partial charge in [0.2, 0.25) is 5.95 Å². The van der Waals surface area contributed by atoms with E-state index in [4.69, 9.17) is 9.97 Å². The molecule has 3 aromatic heterocycles. The molecule has 1 saturated heterocycles. The Labute approximate surface area is 251 Å². The Kier molecular flexibility index (Phi) is 8.81. The number of anilines is 2. The Hall–Kier alpha value is -3.87. The second-order valence-electron chi connectivity index (χ2n) is 11.9. The largest absolute Gasteiger partial charge is 0.390 e. The summed E-state index contributed by atoms with van der Waals surface area (Å²) < 4.78 is 26.2. The summed E-state index contributed by atoms with van der Waals surface area (Å²) in [6.07, 6.45) is 6.78. The highest BCUT2D eigenvalue weighted by molar-refractivity contribution is 7.90. The molecule has 0 radical (unpaired) electrons. The molecule has 43 heavy (non-hydrogen) atoms. The number of hydrogen-bond donors (Lipinski definition) is 2. The van der Waals surface area contributed by atoms with Crippen molar-refractivity contribution in [2.45, 2.75) is 51.2 Å². The van der Waals surface area contributed by atoms with Gasteiger partial charge >= 0.3 is 0 Å². The van der Waals surface area contributed by atoms with Gasteiger partial charge in [-0.3, -0.25) is 4.79 Å². The topological polar surface area (TPSA) is 135 Å². The molecule has 0 saturated carbocycles. The zero-order chi connectivity index (χ0) is 30.8. The van der Waals surface area contributed by atoms with Crippen LogP contribution in [0.5, 0.6) is 0 Å². The van der Waals surface area contributed by atoms with Gasteiger partial charge < -0.3 is 15.3 Å². The summed E-state index contributed by atoms with van der Waals surface area (Å²) in [4.78, 5) is 29.4. The van der Waals surface area contributed by atoms with E-state index in [0.29, 0.717) is 47.4 Å². The highest BCUT2D eigenvalue weighted by Gasteiger charge is 2.22. The molecular weight excluding hydrogens is 566 g/mol. The first-order valence-electron chi connectivity index (χ1n) is 14.5. The van der Waals surface area contributed by atoms with Crippen molar-refractivity contribution in [2.75, 3.05) is 37.0 Å². The number of pyridine rings is 1. The van der Waals surface area contributed by atoms with Gasteiger partial charge in [0.15, 0.2) is 11.5 Å². The fourth-order valence-electron chi connectivity index (χ4n) is 5.49. The lowest BCUT2D eigenvalue weighted by atomic mass is 9.89. The molecular formula is C31H39N7O4S. The van der Waals surface area contributed by atoms with Gasteiger partial charge in [0, 0.05) is 36.8 Å². The number of hydrogen-bond acceptors (Lipinski definition) is 9. The number of likely N-dealkylation sites (tertiary alicyclic amines) is 1. The van der Waals surface area contributed by atoms with E-state index >= 15 is 0 Å². The van der Waals surface area contributed by atoms with Crippen molar-refractivity contribution in [1.82, 2.24) is 29.2 Å². The van der Waals surface area contributed by atoms with Crippen molar-refractivity contribution in [3.05, 3.63) is 82.9 Å². The zero-order valence-corrected chi connectivity index (χ0v) is 25.7. The van der Waals surface area contributed by atoms with Crippen LogP contribution < -0.4 is 10.9 Å². The van der Waals surface area contributed by atoms with E-state index in [1.807, 2.05) is 24.3 Å². The predicted octanol–water partition coefficient (Wildman–Crippen LogP) is 3.44. The molecule has 0 unspecified atom stereocenters. The van der Waals surface area contributed by atoms with Crippen LogP contribution in [-0.2, 0) is 22.8 Å². The highest BCUT2D eigenvalue weighted by Crippen LogP contribution is 2.29. The zero-order valence-electron chi connectivity index (χ0n) is 24.9. The fraction of sp³-hybridized carbons (Fsp3) is 0.419. The summed E-state index contributed by atoms with van der Waals surface area (Å²) in [5, 5.41) is 13.9. The van der Waals surface area contributed by atoms with E-state index in [2.05, 4.69) is 33.9 Å². The van der Waals surface area contributed by atoms with Crippen LogP contribution in [0.25, 0.3) is 16.9 Å². The van der Waals surface area contributed by atoms with Crippen LogP contribution in [0.3, 0.4) is 0 Å². The van der Waals surface area contributed by atoms with Crippen LogP contribution >= 0.6 is 0 Å². The SMILES string of the molecule is C=CCn1c(=O)c2cnc(Nc3ccc(C4CCN(CCS(C)(=O)=O)CC4)cc3)nc2n1-c1cccc(CC(C)(C)O)n1. The Morgan fingerprint density at radius 1 is 1.12 bits per heavy atom. The van der Waals surface area contributed by atoms with Crippen LogP contribution in [-0.4, -0.2) is 80.0 Å². The van der Waals surface area contributed by atoms with Gasteiger partial charge in [-0.15, -0.1) is 6.58 Å². The molecule has 1 aliphatic heterocycles. The second-order valence-corrected chi connectivity index (χ2v) is 14.1. The quantitative estimate of drug-likeness (QED) is 0.247. The lowest BCUT2D eigenvalue weighted by molar-refractivity contribution is 0.0799. The highest BCUT2D eigenvalue weighted by atomic mass is 32.2. The minimum Gasteiger partial charge on any atom is -0.390 e. The van der Waals surface area contributed by atoms with Gasteiger partial charge in [0.05, 0.1) is 17.9 Å². The number of benzene rings is 1. The molecule has 12 heteroatoms. The molecule has 0 amide bonds. The van der Waals surface area contributed by atoms with Gasteiger partial charge in [-0.2, -0.15) is 4.98 Å². The van der Waals surface area contributed by atoms with Crippen molar-refractivity contribution in [3.8, 4) is 5.82 Å². The molecule has 4 heterocycles. The number of aromatic nitrogens is 5. The predicted molar refractivity (Wildman–Crippen MR) is 169 cm³/mol. The van der Waals surface area contributed by atoms with Gasteiger partial charge in [-0.25, -0.2) is 27.7 Å². The van der Waals surface area contributed by atoms with Gasteiger partial charge in [0.1, 0.15) is 15.2 Å². The maximum absolute atomic E-state index is 13.3. The Balaban J connectivity index is 1.36. The minimum atomic E-state index is -2.95. The molecule has 1 aliphatic rings. The molecule has 5 rings (SSSR count). The summed E-state index contributed by atoms with van der Waals surface area (Å²) in [6.45, 7) is 9.88. The average Bonchev–Trinajstić information content (AvgIpc) is 3.22. The molecule has 0 atom stereocenters. The summed E-state index contributed by atoms with van der Waals surface area (Å²) in [5.74, 6) is 1.48. The van der Waals surface area contributed by atoms with Gasteiger partial charge in [-0.05, 0) is 75.5 Å². The summed E-state index contributed by atoms with van der Waals surface area (Å²) in [7, 11) is -2.95. The van der Waals surface area contributed by atoms with E-state index in [9.17, 15) is 18.3 Å². The summed E-state index contributed by atoms with van der Waals surface area (Å²) in [6, 6.07) is 13.7. The molecule has 1 fully saturated rings. The molecule has 11 nitrogen and oxygen atoms in total. The number of allylic oxidation sites excluding steroid dienone is 1. The monoisotopic (exact) mass is 605 g/mol. The van der Waals surface area contributed by atoms with Crippen molar-refractivity contribution >= 4 is 32.5 Å². The minimum absolute atomic E-state index is 0.200. The smallest absolute Gasteiger partial charge is 0.278 e. The first kappa shape index (κ1) is 30.6. The Morgan fingerprint density at radius 3 is 2.49 bits per heavy atom. The number of nitrogens with zero attached hydrogens (tertiary/aromatic N) is 6. The third-order valence-electron chi connectivity index (χ3n) is 7.60. The van der Waals surface area contributed by atoms with Crippen LogP contribution in [0.15, 0.2) is 66.1 Å². The maximum Gasteiger partial charge on any atom is 0.278 e. The number of rotatable bonds is 11. The first-order valence-corrected chi connectivity index (χ1v) is 16.5.